The van der Waals surface area contributed by atoms with Crippen LogP contribution in [-0.2, 0) is 11.8 Å². The first-order valence-corrected chi connectivity index (χ1v) is 16.2. The highest BCUT2D eigenvalue weighted by molar-refractivity contribution is 5.93. The Kier molecular flexibility index (Phi) is 7.68. The van der Waals surface area contributed by atoms with Gasteiger partial charge in [-0.05, 0) is 82.8 Å². The molecule has 3 aliphatic rings. The van der Waals surface area contributed by atoms with E-state index < -0.39 is 38.9 Å². The van der Waals surface area contributed by atoms with Gasteiger partial charge in [-0.25, -0.2) is 14.0 Å². The molecule has 0 spiro atoms. The maximum absolute atomic E-state index is 14.2. The number of carbonyl (C=O) groups excluding carboxylic acids is 2. The lowest BCUT2D eigenvalue weighted by molar-refractivity contribution is -0.385. The zero-order valence-corrected chi connectivity index (χ0v) is 27.0. The molecule has 0 atom stereocenters. The first kappa shape index (κ1) is 32.2. The summed E-state index contributed by atoms with van der Waals surface area (Å²) in [5.41, 5.74) is 4.49. The lowest BCUT2D eigenvalue weighted by Crippen LogP contribution is -2.44. The molecule has 0 heterocycles. The van der Waals surface area contributed by atoms with Crippen LogP contribution < -0.4 is 9.47 Å². The van der Waals surface area contributed by atoms with Gasteiger partial charge >= 0.3 is 11.9 Å². The summed E-state index contributed by atoms with van der Waals surface area (Å²) in [5, 5.41) is 22.5. The molecule has 0 saturated heterocycles. The fourth-order valence-electron chi connectivity index (χ4n) is 7.59. The standard InChI is InChI=1S/C41H25FN2O8/c42-27-15-9-24(10-16-27)23-41-32-7-3-1-5-30(32)36(31-6-2-4-8-33(31)41)37-34(51-39(45)25-11-17-28(18-12-25)43(47)48)21-22-35(38(37)41)52-40(46)26-13-19-29(20-14-26)44(49)50/h1-22,36H,23H2. The molecule has 6 aromatic rings. The Balaban J connectivity index is 1.35. The molecule has 6 aromatic carbocycles. The molecule has 0 saturated carbocycles. The quantitative estimate of drug-likeness (QED) is 0.0670. The van der Waals surface area contributed by atoms with Gasteiger partial charge in [-0.1, -0.05) is 60.7 Å². The molecule has 2 bridgehead atoms. The van der Waals surface area contributed by atoms with Crippen LogP contribution in [0, 0.1) is 26.0 Å². The molecule has 0 unspecified atom stereocenters. The number of nitro groups is 2. The number of benzene rings is 6. The maximum Gasteiger partial charge on any atom is 0.343 e. The molecule has 52 heavy (non-hydrogen) atoms. The largest absolute Gasteiger partial charge is 0.423 e. The summed E-state index contributed by atoms with van der Waals surface area (Å²) in [6.45, 7) is 0. The molecule has 0 fully saturated rings. The van der Waals surface area contributed by atoms with E-state index in [-0.39, 0.29) is 34.0 Å². The second-order valence-corrected chi connectivity index (χ2v) is 12.6. The number of esters is 2. The number of hydrogen-bond acceptors (Lipinski definition) is 8. The van der Waals surface area contributed by atoms with E-state index in [0.29, 0.717) is 17.5 Å². The molecular formula is C41H25FN2O8. The Labute approximate surface area is 295 Å². The maximum atomic E-state index is 14.2. The summed E-state index contributed by atoms with van der Waals surface area (Å²) < 4.78 is 26.5. The topological polar surface area (TPSA) is 139 Å². The Morgan fingerprint density at radius 3 is 1.58 bits per heavy atom. The zero-order valence-electron chi connectivity index (χ0n) is 27.0. The number of nitrogens with zero attached hydrogens (tertiary/aromatic N) is 2. The third kappa shape index (κ3) is 5.18. The van der Waals surface area contributed by atoms with Crippen molar-refractivity contribution in [3.8, 4) is 11.5 Å². The van der Waals surface area contributed by atoms with Crippen molar-refractivity contribution >= 4 is 23.3 Å². The number of halogens is 1. The van der Waals surface area contributed by atoms with E-state index in [1.807, 2.05) is 48.5 Å². The number of non-ortho nitro benzene ring substituents is 2. The first-order valence-electron chi connectivity index (χ1n) is 16.2. The molecule has 11 heteroatoms. The van der Waals surface area contributed by atoms with Crippen LogP contribution >= 0.6 is 0 Å². The van der Waals surface area contributed by atoms with Gasteiger partial charge in [0.25, 0.3) is 11.4 Å². The number of rotatable bonds is 8. The van der Waals surface area contributed by atoms with Crippen LogP contribution in [-0.4, -0.2) is 21.8 Å². The monoisotopic (exact) mass is 692 g/mol. The smallest absolute Gasteiger partial charge is 0.343 e. The number of ether oxygens (including phenoxy) is 2. The molecule has 0 amide bonds. The lowest BCUT2D eigenvalue weighted by Gasteiger charge is -2.51. The average molecular weight is 693 g/mol. The molecular weight excluding hydrogens is 667 g/mol. The van der Waals surface area contributed by atoms with E-state index in [2.05, 4.69) is 0 Å². The fourth-order valence-corrected chi connectivity index (χ4v) is 7.59. The van der Waals surface area contributed by atoms with Crippen LogP contribution in [0.15, 0.2) is 133 Å². The molecule has 0 aromatic heterocycles. The predicted octanol–water partition coefficient (Wildman–Crippen LogP) is 8.46. The molecule has 0 radical (unpaired) electrons. The summed E-state index contributed by atoms with van der Waals surface area (Å²) in [4.78, 5) is 48.7. The highest BCUT2D eigenvalue weighted by Crippen LogP contribution is 2.64. The van der Waals surface area contributed by atoms with Gasteiger partial charge in [-0.2, -0.15) is 0 Å². The van der Waals surface area contributed by atoms with Crippen molar-refractivity contribution < 1.29 is 33.3 Å². The van der Waals surface area contributed by atoms with Gasteiger partial charge < -0.3 is 9.47 Å². The number of nitro benzene ring substituents is 2. The molecule has 10 nitrogen and oxygen atoms in total. The van der Waals surface area contributed by atoms with Gasteiger partial charge in [-0.3, -0.25) is 20.2 Å². The highest BCUT2D eigenvalue weighted by Gasteiger charge is 2.54. The van der Waals surface area contributed by atoms with E-state index in [4.69, 9.17) is 9.47 Å². The van der Waals surface area contributed by atoms with Crippen LogP contribution in [0.1, 0.15) is 65.6 Å². The van der Waals surface area contributed by atoms with Crippen molar-refractivity contribution in [1.82, 2.24) is 0 Å². The van der Waals surface area contributed by atoms with Gasteiger partial charge in [0.2, 0.25) is 0 Å². The van der Waals surface area contributed by atoms with E-state index >= 15 is 0 Å². The normalized spacial score (nSPS) is 16.2. The van der Waals surface area contributed by atoms with E-state index in [1.165, 1.54) is 60.7 Å². The summed E-state index contributed by atoms with van der Waals surface area (Å²) in [5.74, 6) is -1.98. The third-order valence-corrected chi connectivity index (χ3v) is 9.76. The van der Waals surface area contributed by atoms with Crippen molar-refractivity contribution in [3.05, 3.63) is 210 Å². The van der Waals surface area contributed by atoms with Gasteiger partial charge in [0, 0.05) is 41.3 Å². The van der Waals surface area contributed by atoms with Crippen LogP contribution in [0.4, 0.5) is 15.8 Å². The Hall–Kier alpha value is -7.01. The molecule has 254 valence electrons. The van der Waals surface area contributed by atoms with Crippen LogP contribution in [0.5, 0.6) is 11.5 Å². The van der Waals surface area contributed by atoms with Crippen molar-refractivity contribution in [3.63, 3.8) is 0 Å². The second-order valence-electron chi connectivity index (χ2n) is 12.6. The second kappa shape index (κ2) is 12.4. The van der Waals surface area contributed by atoms with Crippen molar-refractivity contribution in [1.29, 1.82) is 0 Å². The van der Waals surface area contributed by atoms with E-state index in [9.17, 15) is 34.2 Å². The first-order chi connectivity index (χ1) is 25.2. The Morgan fingerprint density at radius 2 is 1.08 bits per heavy atom. The SMILES string of the molecule is O=C(Oc1ccc(OC(=O)c2ccc([N+](=O)[O-])cc2)c2c1C1c3ccccc3C2(Cc2ccc(F)cc2)c2ccccc21)c1ccc([N+](=O)[O-])cc1. The average Bonchev–Trinajstić information content (AvgIpc) is 3.16. The highest BCUT2D eigenvalue weighted by atomic mass is 19.1. The molecule has 0 N–H and O–H groups in total. The van der Waals surface area contributed by atoms with Gasteiger partial charge in [0.05, 0.1) is 26.4 Å². The van der Waals surface area contributed by atoms with Gasteiger partial charge in [0.15, 0.2) is 0 Å². The summed E-state index contributed by atoms with van der Waals surface area (Å²) in [7, 11) is 0. The predicted molar refractivity (Wildman–Crippen MR) is 186 cm³/mol. The Bertz CT molecular complexity index is 2400. The molecule has 3 aliphatic carbocycles. The van der Waals surface area contributed by atoms with Crippen LogP contribution in [0.2, 0.25) is 0 Å². The third-order valence-electron chi connectivity index (χ3n) is 9.76. The summed E-state index contributed by atoms with van der Waals surface area (Å²) in [6, 6.07) is 35.2. The zero-order chi connectivity index (χ0) is 36.1. The molecule has 0 aliphatic heterocycles. The molecule has 9 rings (SSSR count). The van der Waals surface area contributed by atoms with Crippen molar-refractivity contribution in [2.24, 2.45) is 0 Å². The Morgan fingerprint density at radius 1 is 0.615 bits per heavy atom. The van der Waals surface area contributed by atoms with Crippen molar-refractivity contribution in [2.45, 2.75) is 17.8 Å². The summed E-state index contributed by atoms with van der Waals surface area (Å²) in [6.07, 6.45) is 0.308. The minimum Gasteiger partial charge on any atom is -0.423 e. The number of carbonyl (C=O) groups is 2. The van der Waals surface area contributed by atoms with Gasteiger partial charge in [0.1, 0.15) is 17.3 Å². The summed E-state index contributed by atoms with van der Waals surface area (Å²) >= 11 is 0. The minimum atomic E-state index is -1.03. The lowest BCUT2D eigenvalue weighted by atomic mass is 9.51. The number of hydrogen-bond donors (Lipinski definition) is 0. The fraction of sp³-hybridized carbons (Fsp3) is 0.0732. The van der Waals surface area contributed by atoms with Crippen molar-refractivity contribution in [2.75, 3.05) is 0 Å². The van der Waals surface area contributed by atoms with E-state index in [1.54, 1.807) is 24.3 Å². The van der Waals surface area contributed by atoms with Crippen LogP contribution in [0.3, 0.4) is 0 Å². The van der Waals surface area contributed by atoms with Gasteiger partial charge in [-0.15, -0.1) is 0 Å². The van der Waals surface area contributed by atoms with E-state index in [0.717, 1.165) is 27.8 Å². The van der Waals surface area contributed by atoms with Crippen LogP contribution in [0.25, 0.3) is 0 Å². The minimum absolute atomic E-state index is 0.0855.